The van der Waals surface area contributed by atoms with Crippen molar-refractivity contribution in [2.24, 2.45) is 5.10 Å². The van der Waals surface area contributed by atoms with Gasteiger partial charge in [-0.05, 0) is 191 Å². The summed E-state index contributed by atoms with van der Waals surface area (Å²) in [6.45, 7) is 4.10. The molecule has 6 aromatic heterocycles. The summed E-state index contributed by atoms with van der Waals surface area (Å²) in [7, 11) is 3.08. The number of aromatic amines is 1. The van der Waals surface area contributed by atoms with Crippen LogP contribution in [0, 0.1) is 6.92 Å². The first-order valence-corrected chi connectivity index (χ1v) is 41.0. The SMILES string of the molecule is CCOC(=O)CC(C(=O)c1cccc2ccccc12)c1ccncc1.CON(C)C(=O)c1cccc2ccccc12.Cc1ccncc1.O=C(Cc1ccncc1)c1cccc2ccccc12.O=C(Cl)c1cccc2ccccc12.O=C1CC(c2ccncc2)C(c2cccc3ccccc23)=NN1.O=c1cc(-c2ccncc2)c(-c2cccc3ccccc23)n[nH]1. The van der Waals surface area contributed by atoms with Gasteiger partial charge >= 0.3 is 5.97 Å². The summed E-state index contributed by atoms with van der Waals surface area (Å²) < 4.78 is 5.06. The first-order valence-electron chi connectivity index (χ1n) is 40.7. The summed E-state index contributed by atoms with van der Waals surface area (Å²) >= 11 is 5.44. The Morgan fingerprint density at radius 3 is 1.36 bits per heavy atom. The fraction of sp³-hybridized carbons (Fsp3) is 0.0943. The molecule has 19 rings (SSSR count). The molecule has 126 heavy (non-hydrogen) atoms. The van der Waals surface area contributed by atoms with Crippen LogP contribution in [0.5, 0.6) is 0 Å². The molecule has 19 nitrogen and oxygen atoms in total. The van der Waals surface area contributed by atoms with Crippen molar-refractivity contribution in [1.82, 2.24) is 45.6 Å². The zero-order valence-electron chi connectivity index (χ0n) is 69.5. The Morgan fingerprint density at radius 1 is 0.452 bits per heavy atom. The molecule has 0 saturated carbocycles. The van der Waals surface area contributed by atoms with Gasteiger partial charge in [-0.1, -0.05) is 243 Å². The van der Waals surface area contributed by atoms with E-state index in [0.29, 0.717) is 36.1 Å². The molecule has 18 aromatic rings. The van der Waals surface area contributed by atoms with E-state index in [-0.39, 0.29) is 47.2 Å². The Hall–Kier alpha value is -15.8. The summed E-state index contributed by atoms with van der Waals surface area (Å²) in [5.74, 6) is -1.17. The fourth-order valence-corrected chi connectivity index (χ4v) is 14.8. The molecule has 2 atom stereocenters. The molecule has 0 radical (unpaired) electrons. The average Bonchev–Trinajstić information content (AvgIpc) is 0.792. The summed E-state index contributed by atoms with van der Waals surface area (Å²) in [6, 6.07) is 103. The molecule has 1 aliphatic heterocycles. The molecule has 1 aliphatic rings. The Morgan fingerprint density at radius 2 is 0.857 bits per heavy atom. The molecule has 20 heteroatoms. The number of benzene rings is 12. The number of esters is 1. The number of amides is 2. The molecule has 2 amide bonds. The number of fused-ring (bicyclic) bond motifs is 6. The Bertz CT molecular complexity index is 6880. The minimum Gasteiger partial charge on any atom is -0.466 e. The normalized spacial score (nSPS) is 12.0. The number of nitrogens with one attached hydrogen (secondary N) is 2. The van der Waals surface area contributed by atoms with E-state index in [1.807, 2.05) is 256 Å². The highest BCUT2D eigenvalue weighted by Gasteiger charge is 2.30. The van der Waals surface area contributed by atoms with Gasteiger partial charge < -0.3 is 4.74 Å². The lowest BCUT2D eigenvalue weighted by molar-refractivity contribution is -0.143. The van der Waals surface area contributed by atoms with Gasteiger partial charge in [0.2, 0.25) is 5.91 Å². The third-order valence-electron chi connectivity index (χ3n) is 20.8. The number of pyridine rings is 5. The van der Waals surface area contributed by atoms with Gasteiger partial charge in [0.05, 0.1) is 37.5 Å². The minimum atomic E-state index is -0.590. The number of nitrogens with zero attached hydrogens (tertiary/aromatic N) is 8. The van der Waals surface area contributed by atoms with E-state index in [1.165, 1.54) is 17.7 Å². The number of carbonyl (C=O) groups excluding carboxylic acids is 6. The lowest BCUT2D eigenvalue weighted by Crippen LogP contribution is -2.32. The molecule has 2 N–H and O–H groups in total. The number of hydrazone groups is 1. The maximum atomic E-state index is 13.3. The molecule has 0 aliphatic carbocycles. The number of carbonyl (C=O) groups is 6. The average molecular weight is 1680 g/mol. The predicted molar refractivity (Wildman–Crippen MR) is 500 cm³/mol. The largest absolute Gasteiger partial charge is 0.466 e. The molecule has 0 bridgehead atoms. The zero-order valence-corrected chi connectivity index (χ0v) is 70.2. The van der Waals surface area contributed by atoms with E-state index in [4.69, 9.17) is 21.2 Å². The maximum absolute atomic E-state index is 13.3. The number of Topliss-reactive ketones (excluding diaryl/α,β-unsaturated/α-hetero) is 2. The molecule has 622 valence electrons. The van der Waals surface area contributed by atoms with Crippen LogP contribution < -0.4 is 11.0 Å². The van der Waals surface area contributed by atoms with Crippen LogP contribution >= 0.6 is 11.6 Å². The third kappa shape index (κ3) is 22.9. The highest BCUT2D eigenvalue weighted by atomic mass is 35.5. The summed E-state index contributed by atoms with van der Waals surface area (Å²) in [6.07, 6.45) is 18.0. The van der Waals surface area contributed by atoms with E-state index in [1.54, 1.807) is 106 Å². The highest BCUT2D eigenvalue weighted by molar-refractivity contribution is 6.68. The molecule has 2 unspecified atom stereocenters. The number of hydrogen-bond acceptors (Lipinski definition) is 16. The van der Waals surface area contributed by atoms with Crippen molar-refractivity contribution in [3.63, 3.8) is 0 Å². The van der Waals surface area contributed by atoms with E-state index in [2.05, 4.69) is 88.1 Å². The van der Waals surface area contributed by atoms with Crippen molar-refractivity contribution in [2.75, 3.05) is 20.8 Å². The second-order valence-electron chi connectivity index (χ2n) is 28.9. The molecular formula is C106H87ClN10O9. The van der Waals surface area contributed by atoms with Crippen LogP contribution in [0.4, 0.5) is 0 Å². The maximum Gasteiger partial charge on any atom is 0.306 e. The molecule has 0 spiro atoms. The van der Waals surface area contributed by atoms with Crippen LogP contribution in [-0.4, -0.2) is 101 Å². The molecule has 0 saturated heterocycles. The Labute approximate surface area is 733 Å². The van der Waals surface area contributed by atoms with Gasteiger partial charge in [-0.2, -0.15) is 10.2 Å². The topological polar surface area (TPSA) is 259 Å². The van der Waals surface area contributed by atoms with E-state index >= 15 is 0 Å². The van der Waals surface area contributed by atoms with Crippen molar-refractivity contribution in [3.05, 3.63) is 444 Å². The van der Waals surface area contributed by atoms with Gasteiger partial charge in [-0.15, -0.1) is 0 Å². The summed E-state index contributed by atoms with van der Waals surface area (Å²) in [5.41, 5.74) is 14.5. The van der Waals surface area contributed by atoms with Crippen LogP contribution in [0.1, 0.15) is 101 Å². The number of halogens is 1. The van der Waals surface area contributed by atoms with Gasteiger partial charge in [0.1, 0.15) is 0 Å². The quantitative estimate of drug-likeness (QED) is 0.0394. The third-order valence-corrected chi connectivity index (χ3v) is 21.0. The first-order chi connectivity index (χ1) is 61.6. The van der Waals surface area contributed by atoms with Crippen LogP contribution in [0.15, 0.2) is 393 Å². The summed E-state index contributed by atoms with van der Waals surface area (Å²) in [5, 5.41) is 24.6. The number of hydrogen-bond donors (Lipinski definition) is 2. The highest BCUT2D eigenvalue weighted by Crippen LogP contribution is 2.36. The number of ketones is 2. The van der Waals surface area contributed by atoms with Crippen LogP contribution in [0.25, 0.3) is 87.0 Å². The monoisotopic (exact) mass is 1680 g/mol. The van der Waals surface area contributed by atoms with Gasteiger partial charge in [0.25, 0.3) is 16.7 Å². The molecule has 12 aromatic carbocycles. The standard InChI is InChI=1S/C21H19NO3.C19H15N3O.C19H13N3O.C17H13NO.C13H13NO2.C11H7ClO.C6H7N/c1-2-25-20(23)14-19(16-10-12-22-13-11-16)21(24)18-9-5-7-15-6-3-4-8-17(15)18;2*23-18-12-17(14-8-10-20-11-9-14)19(22-21-18)16-7-3-5-13-4-1-2-6-15(13)16;19-17(12-13-8-10-18-11-9-13)16-7-3-5-14-4-1-2-6-15(14)16;1-14(16-2)13(15)12-9-5-7-10-6-3-4-8-11(10)12;12-11(13)10-7-3-5-8-4-1-2-6-9(8)10;1-6-2-4-7-5-3-6/h3-13,19H,2,14H2,1H3;1-11,17H,12H2,(H,21,23);1-12H,(H,21,23);1-11H,12H2;3-9H,1-2H3;1-7H;2-5H,1H3. The molecule has 7 heterocycles. The van der Waals surface area contributed by atoms with Crippen molar-refractivity contribution in [1.29, 1.82) is 0 Å². The second kappa shape index (κ2) is 44.1. The minimum absolute atomic E-state index is 0.0138. The van der Waals surface area contributed by atoms with E-state index in [9.17, 15) is 33.6 Å². The zero-order chi connectivity index (χ0) is 87.9. The molecular weight excluding hydrogens is 1590 g/mol. The second-order valence-corrected chi connectivity index (χ2v) is 29.2. The van der Waals surface area contributed by atoms with E-state index < -0.39 is 11.2 Å². The van der Waals surface area contributed by atoms with Crippen molar-refractivity contribution in [2.45, 2.75) is 44.9 Å². The number of H-pyrrole nitrogens is 1. The lowest BCUT2D eigenvalue weighted by atomic mass is 9.85. The number of aryl methyl sites for hydroxylation is 1. The van der Waals surface area contributed by atoms with Gasteiger partial charge in [0, 0.05) is 133 Å². The first kappa shape index (κ1) is 88.0. The van der Waals surface area contributed by atoms with Crippen LogP contribution in [0.2, 0.25) is 0 Å². The fourth-order valence-electron chi connectivity index (χ4n) is 14.6. The number of aromatic nitrogens is 7. The van der Waals surface area contributed by atoms with Gasteiger partial charge in [-0.25, -0.2) is 15.6 Å². The number of hydroxylamine groups is 2. The number of rotatable bonds is 16. The van der Waals surface area contributed by atoms with Gasteiger partial charge in [-0.3, -0.25) is 63.3 Å². The Balaban J connectivity index is 0.000000129. The van der Waals surface area contributed by atoms with Crippen LogP contribution in [0.3, 0.4) is 0 Å². The van der Waals surface area contributed by atoms with E-state index in [0.717, 1.165) is 121 Å². The summed E-state index contributed by atoms with van der Waals surface area (Å²) in [4.78, 5) is 109. The van der Waals surface area contributed by atoms with Crippen molar-refractivity contribution < 1.29 is 38.3 Å². The Kier molecular flexibility index (Phi) is 30.8. The van der Waals surface area contributed by atoms with Crippen molar-refractivity contribution in [3.8, 4) is 22.4 Å². The number of ether oxygens (including phenoxy) is 1. The predicted octanol–water partition coefficient (Wildman–Crippen LogP) is 21.8. The lowest BCUT2D eigenvalue weighted by Gasteiger charge is -2.24. The van der Waals surface area contributed by atoms with Gasteiger partial charge in [0.15, 0.2) is 11.6 Å². The smallest absolute Gasteiger partial charge is 0.306 e. The molecule has 0 fully saturated rings. The van der Waals surface area contributed by atoms with Crippen LogP contribution in [-0.2, 0) is 25.6 Å². The van der Waals surface area contributed by atoms with Crippen molar-refractivity contribution >= 4 is 117 Å².